The summed E-state index contributed by atoms with van der Waals surface area (Å²) in [5, 5.41) is 19.8. The van der Waals surface area contributed by atoms with Crippen LogP contribution in [0.15, 0.2) is 187 Å². The highest BCUT2D eigenvalue weighted by Crippen LogP contribution is 2.34. The van der Waals surface area contributed by atoms with Gasteiger partial charge in [-0.2, -0.15) is 0 Å². The molecule has 0 amide bonds. The third-order valence-electron chi connectivity index (χ3n) is 9.01. The molecule has 1 heterocycles. The minimum Gasteiger partial charge on any atom is -0.360 e. The Labute approximate surface area is 286 Å². The maximum atomic E-state index is 8.89. The number of hydrogen-bond acceptors (Lipinski definition) is 3. The molecule has 8 rings (SSSR count). The molecule has 0 spiro atoms. The van der Waals surface area contributed by atoms with Gasteiger partial charge >= 0.3 is 0 Å². The van der Waals surface area contributed by atoms with Crippen molar-refractivity contribution >= 4 is 61.5 Å². The molecule has 1 aromatic heterocycles. The third kappa shape index (κ3) is 6.04. The highest BCUT2D eigenvalue weighted by molar-refractivity contribution is 6.20. The van der Waals surface area contributed by atoms with Crippen molar-refractivity contribution in [2.24, 2.45) is 12.0 Å². The van der Waals surface area contributed by atoms with Gasteiger partial charge < -0.3 is 9.88 Å². The summed E-state index contributed by atoms with van der Waals surface area (Å²) in [7, 11) is 2.14. The first-order chi connectivity index (χ1) is 24.0. The molecule has 49 heavy (non-hydrogen) atoms. The van der Waals surface area contributed by atoms with Gasteiger partial charge in [0.15, 0.2) is 0 Å². The van der Waals surface area contributed by atoms with E-state index < -0.39 is 0 Å². The number of aromatic nitrogens is 1. The molecule has 0 bridgehead atoms. The molecule has 2 N–H and O–H groups in total. The van der Waals surface area contributed by atoms with Gasteiger partial charge in [-0.05, 0) is 63.7 Å². The molecule has 0 unspecified atom stereocenters. The van der Waals surface area contributed by atoms with E-state index in [1.807, 2.05) is 72.8 Å². The largest absolute Gasteiger partial charge is 0.360 e. The van der Waals surface area contributed by atoms with Crippen LogP contribution in [0.3, 0.4) is 0 Å². The molecule has 0 fully saturated rings. The molecule has 0 radical (unpaired) electrons. The second-order valence-corrected chi connectivity index (χ2v) is 11.9. The minimum atomic E-state index is 0.317. The van der Waals surface area contributed by atoms with Crippen LogP contribution in [0, 0.1) is 5.41 Å². The fraction of sp³-hybridized carbons (Fsp3) is 0.0222. The molecule has 0 aliphatic carbocycles. The molecule has 4 nitrogen and oxygen atoms in total. The van der Waals surface area contributed by atoms with Gasteiger partial charge in [0.1, 0.15) is 0 Å². The Morgan fingerprint density at radius 3 is 1.98 bits per heavy atom. The Morgan fingerprint density at radius 2 is 1.20 bits per heavy atom. The number of nitrogens with one attached hydrogen (secondary N) is 2. The Bertz CT molecular complexity index is 2530. The summed E-state index contributed by atoms with van der Waals surface area (Å²) in [5.41, 5.74) is 7.76. The zero-order valence-electron chi connectivity index (χ0n) is 27.4. The van der Waals surface area contributed by atoms with Crippen molar-refractivity contribution in [2.75, 3.05) is 5.32 Å². The van der Waals surface area contributed by atoms with E-state index in [-0.39, 0.29) is 0 Å². The van der Waals surface area contributed by atoms with Crippen LogP contribution in [-0.2, 0) is 7.05 Å². The number of rotatable bonds is 7. The molecule has 8 aromatic rings. The first-order valence-electron chi connectivity index (χ1n) is 16.2. The number of aliphatic imine (C=N–C) groups is 1. The third-order valence-corrected chi connectivity index (χ3v) is 9.01. The van der Waals surface area contributed by atoms with Gasteiger partial charge in [-0.1, -0.05) is 140 Å². The average Bonchev–Trinajstić information content (AvgIpc) is 3.47. The van der Waals surface area contributed by atoms with Gasteiger partial charge in [0.2, 0.25) is 0 Å². The van der Waals surface area contributed by atoms with E-state index in [9.17, 15) is 0 Å². The normalized spacial score (nSPS) is 11.3. The van der Waals surface area contributed by atoms with Crippen molar-refractivity contribution in [3.8, 4) is 11.1 Å². The number of allylic oxidation sites excluding steroid dienone is 1. The number of para-hydroxylation sites is 2. The first-order valence-corrected chi connectivity index (χ1v) is 16.2. The van der Waals surface area contributed by atoms with Crippen molar-refractivity contribution in [3.63, 3.8) is 0 Å². The Hall–Kier alpha value is -6.52. The number of aryl methyl sites for hydroxylation is 1. The van der Waals surface area contributed by atoms with Gasteiger partial charge in [0.25, 0.3) is 0 Å². The summed E-state index contributed by atoms with van der Waals surface area (Å²) in [4.78, 5) is 4.11. The zero-order chi connectivity index (χ0) is 33.7. The molecule has 4 heteroatoms. The Kier molecular flexibility index (Phi) is 8.68. The summed E-state index contributed by atoms with van der Waals surface area (Å²) in [5.74, 6) is 0. The molecule has 236 valence electrons. The van der Waals surface area contributed by atoms with Gasteiger partial charge in [0, 0.05) is 51.9 Å². The number of hydrogen-bond donors (Lipinski definition) is 2. The molecule has 0 aliphatic heterocycles. The topological polar surface area (TPSA) is 53.2 Å². The molecule has 0 atom stereocenters. The lowest BCUT2D eigenvalue weighted by Gasteiger charge is -2.15. The zero-order valence-corrected chi connectivity index (χ0v) is 27.4. The van der Waals surface area contributed by atoms with Gasteiger partial charge in [-0.25, -0.2) is 0 Å². The Morgan fingerprint density at radius 1 is 0.612 bits per heavy atom. The van der Waals surface area contributed by atoms with Crippen LogP contribution in [0.25, 0.3) is 54.5 Å². The Balaban J connectivity index is 0.000000176. The maximum Gasteiger partial charge on any atom is 0.0870 e. The van der Waals surface area contributed by atoms with Crippen molar-refractivity contribution in [2.45, 2.75) is 0 Å². The van der Waals surface area contributed by atoms with Crippen molar-refractivity contribution in [3.05, 3.63) is 187 Å². The summed E-state index contributed by atoms with van der Waals surface area (Å²) >= 11 is 0. The summed E-state index contributed by atoms with van der Waals surface area (Å²) < 4.78 is 2.27. The molecular formula is C45H36N4. The smallest absolute Gasteiger partial charge is 0.0870 e. The van der Waals surface area contributed by atoms with Crippen LogP contribution < -0.4 is 5.32 Å². The standard InChI is InChI=1S/C28H23N3.C17H13N/c1-20(27(30-2)19-31-22-13-4-3-5-14-22)28(29)26-17-9-8-16-25(26)24-18-10-12-21-11-6-7-15-23(21)24;1-18-15-9-5-4-8-14(15)17-13-7-3-2-6-12(13)10-11-16(17)18/h3-19,29,31H,1-2H2;2-11H,1H3/b27-19+,29-28?;. The quantitative estimate of drug-likeness (QED) is 0.133. The van der Waals surface area contributed by atoms with Crippen molar-refractivity contribution in [1.82, 2.24) is 4.57 Å². The predicted octanol–water partition coefficient (Wildman–Crippen LogP) is 11.6. The molecule has 0 aliphatic rings. The van der Waals surface area contributed by atoms with E-state index in [1.54, 1.807) is 6.20 Å². The second-order valence-electron chi connectivity index (χ2n) is 11.9. The van der Waals surface area contributed by atoms with Gasteiger partial charge in [-0.3, -0.25) is 10.4 Å². The van der Waals surface area contributed by atoms with E-state index in [0.29, 0.717) is 17.0 Å². The van der Waals surface area contributed by atoms with Gasteiger partial charge in [0.05, 0.1) is 11.4 Å². The molecule has 0 saturated heterocycles. The highest BCUT2D eigenvalue weighted by atomic mass is 14.9. The number of nitrogens with zero attached hydrogens (tertiary/aromatic N) is 2. The average molecular weight is 633 g/mol. The summed E-state index contributed by atoms with van der Waals surface area (Å²) in [6.45, 7) is 7.82. The van der Waals surface area contributed by atoms with E-state index in [0.717, 1.165) is 27.8 Å². The van der Waals surface area contributed by atoms with E-state index >= 15 is 0 Å². The van der Waals surface area contributed by atoms with Gasteiger partial charge in [-0.15, -0.1) is 0 Å². The maximum absolute atomic E-state index is 8.89. The van der Waals surface area contributed by atoms with E-state index in [2.05, 4.69) is 120 Å². The van der Waals surface area contributed by atoms with E-state index in [1.165, 1.54) is 38.0 Å². The molecular weight excluding hydrogens is 597 g/mol. The van der Waals surface area contributed by atoms with Crippen LogP contribution in [0.1, 0.15) is 5.56 Å². The van der Waals surface area contributed by atoms with Crippen LogP contribution in [0.2, 0.25) is 0 Å². The SMILES string of the molecule is C=N/C(=C/Nc1ccccc1)C(=C)C(=N)c1ccccc1-c1cccc2ccccc12.Cn1c2ccccc2c2c3ccccc3ccc21. The van der Waals surface area contributed by atoms with Crippen LogP contribution in [0.5, 0.6) is 0 Å². The predicted molar refractivity (Wildman–Crippen MR) is 211 cm³/mol. The number of benzene rings is 7. The lowest BCUT2D eigenvalue weighted by molar-refractivity contribution is 1.01. The molecule has 7 aromatic carbocycles. The fourth-order valence-corrected chi connectivity index (χ4v) is 6.53. The monoisotopic (exact) mass is 632 g/mol. The summed E-state index contributed by atoms with van der Waals surface area (Å²) in [6.07, 6.45) is 1.74. The lowest BCUT2D eigenvalue weighted by atomic mass is 9.90. The lowest BCUT2D eigenvalue weighted by Crippen LogP contribution is -2.07. The fourth-order valence-electron chi connectivity index (χ4n) is 6.53. The van der Waals surface area contributed by atoms with E-state index in [4.69, 9.17) is 5.41 Å². The molecule has 0 saturated carbocycles. The van der Waals surface area contributed by atoms with Crippen LogP contribution in [-0.4, -0.2) is 17.0 Å². The van der Waals surface area contributed by atoms with Crippen molar-refractivity contribution in [1.29, 1.82) is 5.41 Å². The second kappa shape index (κ2) is 13.7. The highest BCUT2D eigenvalue weighted by Gasteiger charge is 2.16. The van der Waals surface area contributed by atoms with Crippen molar-refractivity contribution < 1.29 is 0 Å². The number of fused-ring (bicyclic) bond motifs is 6. The number of anilines is 1. The van der Waals surface area contributed by atoms with Crippen LogP contribution in [0.4, 0.5) is 5.69 Å². The van der Waals surface area contributed by atoms with Crippen LogP contribution >= 0.6 is 0 Å². The first kappa shape index (κ1) is 31.1. The summed E-state index contributed by atoms with van der Waals surface area (Å²) in [6, 6.07) is 53.9. The minimum absolute atomic E-state index is 0.317.